The zero-order chi connectivity index (χ0) is 28.6. The van der Waals surface area contributed by atoms with Gasteiger partial charge in [0.1, 0.15) is 11.9 Å². The molecule has 2 aromatic heterocycles. The standard InChI is InChI=1S/C30H36N6O3S/c1-30(2,3)21-10-11-25(40(6)38)22(19-21)32-28(37)23-18-20-8-7-9-24(27(20)35(23)5)39-26-12-13-31-29(33-26)36-16-14-34(4)15-17-36/h7-13,18-19H,14-17H2,1-6H3,(H,32,37). The number of nitrogens with zero attached hydrogens (tertiary/aromatic N) is 5. The lowest BCUT2D eigenvalue weighted by Gasteiger charge is -2.32. The van der Waals surface area contributed by atoms with E-state index in [0.29, 0.717) is 33.9 Å². The van der Waals surface area contributed by atoms with Crippen LogP contribution in [0.3, 0.4) is 0 Å². The first kappa shape index (κ1) is 27.9. The van der Waals surface area contributed by atoms with Crippen LogP contribution in [0.1, 0.15) is 36.8 Å². The molecule has 1 atom stereocenters. The Hall–Kier alpha value is -3.60. The van der Waals surface area contributed by atoms with Crippen molar-refractivity contribution in [3.8, 4) is 11.6 Å². The number of ether oxygens (including phenoxy) is 1. The lowest BCUT2D eigenvalue weighted by atomic mass is 9.87. The first-order chi connectivity index (χ1) is 19.0. The number of aryl methyl sites for hydroxylation is 1. The van der Waals surface area contributed by atoms with Gasteiger partial charge in [0, 0.05) is 50.9 Å². The third kappa shape index (κ3) is 5.79. The number of fused-ring (bicyclic) bond motifs is 1. The predicted octanol–water partition coefficient (Wildman–Crippen LogP) is 4.80. The van der Waals surface area contributed by atoms with Gasteiger partial charge in [-0.25, -0.2) is 4.98 Å². The second kappa shape index (κ2) is 11.1. The van der Waals surface area contributed by atoms with Crippen molar-refractivity contribution in [2.24, 2.45) is 7.05 Å². The molecule has 3 heterocycles. The fourth-order valence-electron chi connectivity index (χ4n) is 4.87. The third-order valence-corrected chi connectivity index (χ3v) is 8.25. The normalized spacial score (nSPS) is 15.3. The number of benzene rings is 2. The highest BCUT2D eigenvalue weighted by Gasteiger charge is 2.23. The Labute approximate surface area is 238 Å². The maximum absolute atomic E-state index is 13.6. The summed E-state index contributed by atoms with van der Waals surface area (Å²) in [5.74, 6) is 1.39. The number of carbonyl (C=O) groups is 1. The van der Waals surface area contributed by atoms with Gasteiger partial charge in [0.25, 0.3) is 5.91 Å². The first-order valence-corrected chi connectivity index (χ1v) is 14.9. The van der Waals surface area contributed by atoms with Crippen LogP contribution in [0.15, 0.2) is 59.6 Å². The van der Waals surface area contributed by atoms with Crippen LogP contribution in [-0.4, -0.2) is 69.4 Å². The molecule has 1 saturated heterocycles. The van der Waals surface area contributed by atoms with Crippen molar-refractivity contribution in [2.45, 2.75) is 31.1 Å². The molecule has 5 rings (SSSR count). The number of piperazine rings is 1. The van der Waals surface area contributed by atoms with Crippen LogP contribution >= 0.6 is 0 Å². The molecule has 1 fully saturated rings. The smallest absolute Gasteiger partial charge is 0.272 e. The van der Waals surface area contributed by atoms with Crippen LogP contribution in [0, 0.1) is 0 Å². The van der Waals surface area contributed by atoms with E-state index in [9.17, 15) is 9.35 Å². The van der Waals surface area contributed by atoms with Crippen LogP contribution in [0.25, 0.3) is 10.9 Å². The molecule has 0 spiro atoms. The molecule has 10 heteroatoms. The van der Waals surface area contributed by atoms with Crippen LogP contribution in [0.2, 0.25) is 0 Å². The number of anilines is 2. The van der Waals surface area contributed by atoms with Gasteiger partial charge in [-0.3, -0.25) is 4.79 Å². The lowest BCUT2D eigenvalue weighted by Crippen LogP contribution is -2.45. The summed E-state index contributed by atoms with van der Waals surface area (Å²) in [5, 5.41) is 3.88. The molecule has 4 aromatic rings. The molecule has 1 aliphatic rings. The highest BCUT2D eigenvalue weighted by Crippen LogP contribution is 2.33. The molecule has 1 unspecified atom stereocenters. The molecule has 1 aliphatic heterocycles. The number of amides is 1. The molecule has 0 aliphatic carbocycles. The summed E-state index contributed by atoms with van der Waals surface area (Å²) in [5.41, 5.74) is 2.71. The van der Waals surface area contributed by atoms with Crippen molar-refractivity contribution >= 4 is 39.6 Å². The van der Waals surface area contributed by atoms with Gasteiger partial charge in [0.2, 0.25) is 11.8 Å². The van der Waals surface area contributed by atoms with Crippen LogP contribution < -0.4 is 15.0 Å². The number of aromatic nitrogens is 3. The van der Waals surface area contributed by atoms with Crippen molar-refractivity contribution in [1.29, 1.82) is 0 Å². The molecular weight excluding hydrogens is 524 g/mol. The maximum Gasteiger partial charge on any atom is 0.272 e. The number of hydrogen-bond donors (Lipinski definition) is 1. The minimum atomic E-state index is -1.26. The van der Waals surface area contributed by atoms with Gasteiger partial charge in [0.05, 0.1) is 11.2 Å². The van der Waals surface area contributed by atoms with Crippen LogP contribution in [-0.2, 0) is 23.6 Å². The van der Waals surface area contributed by atoms with E-state index >= 15 is 0 Å². The Balaban J connectivity index is 1.43. The lowest BCUT2D eigenvalue weighted by molar-refractivity contribution is 0.101. The van der Waals surface area contributed by atoms with Gasteiger partial charge in [-0.15, -0.1) is 0 Å². The average Bonchev–Trinajstić information content (AvgIpc) is 3.26. The fraction of sp³-hybridized carbons (Fsp3) is 0.367. The summed E-state index contributed by atoms with van der Waals surface area (Å²) < 4.78 is 20.5. The number of nitrogens with one attached hydrogen (secondary N) is 1. The molecular formula is C30H36N6O3S. The predicted molar refractivity (Wildman–Crippen MR) is 160 cm³/mol. The van der Waals surface area contributed by atoms with Crippen molar-refractivity contribution in [1.82, 2.24) is 19.4 Å². The summed E-state index contributed by atoms with van der Waals surface area (Å²) in [7, 11) is 3.95. The monoisotopic (exact) mass is 560 g/mol. The summed E-state index contributed by atoms with van der Waals surface area (Å²) >= 11 is -1.26. The number of carbonyl (C=O) groups excluding carboxylic acids is 1. The first-order valence-electron chi connectivity index (χ1n) is 13.3. The molecule has 2 aromatic carbocycles. The molecule has 1 amide bonds. The Morgan fingerprint density at radius 1 is 1.05 bits per heavy atom. The van der Waals surface area contributed by atoms with E-state index in [1.165, 1.54) is 0 Å². The Kier molecular flexibility index (Phi) is 7.76. The van der Waals surface area contributed by atoms with E-state index in [-0.39, 0.29) is 11.3 Å². The minimum absolute atomic E-state index is 0.121. The second-order valence-electron chi connectivity index (χ2n) is 11.2. The summed E-state index contributed by atoms with van der Waals surface area (Å²) in [6.45, 7) is 9.95. The fourth-order valence-corrected chi connectivity index (χ4v) is 5.55. The van der Waals surface area contributed by atoms with E-state index in [1.807, 2.05) is 54.1 Å². The molecule has 0 saturated carbocycles. The van der Waals surface area contributed by atoms with Crippen molar-refractivity contribution in [3.05, 3.63) is 66.0 Å². The molecule has 40 heavy (non-hydrogen) atoms. The maximum atomic E-state index is 13.6. The summed E-state index contributed by atoms with van der Waals surface area (Å²) in [4.78, 5) is 27.7. The minimum Gasteiger partial charge on any atom is -0.612 e. The highest BCUT2D eigenvalue weighted by atomic mass is 32.2. The summed E-state index contributed by atoms with van der Waals surface area (Å²) in [6, 6.07) is 15.0. The van der Waals surface area contributed by atoms with E-state index in [0.717, 1.165) is 42.6 Å². The van der Waals surface area contributed by atoms with Crippen molar-refractivity contribution in [2.75, 3.05) is 49.7 Å². The molecule has 1 N–H and O–H groups in total. The Morgan fingerprint density at radius 2 is 1.80 bits per heavy atom. The van der Waals surface area contributed by atoms with Crippen LogP contribution in [0.5, 0.6) is 11.6 Å². The van der Waals surface area contributed by atoms with Crippen molar-refractivity contribution < 1.29 is 14.1 Å². The quantitative estimate of drug-likeness (QED) is 0.338. The zero-order valence-electron chi connectivity index (χ0n) is 23.9. The highest BCUT2D eigenvalue weighted by molar-refractivity contribution is 7.90. The molecule has 0 radical (unpaired) electrons. The summed E-state index contributed by atoms with van der Waals surface area (Å²) in [6.07, 6.45) is 3.32. The number of para-hydroxylation sites is 1. The molecule has 0 bridgehead atoms. The Morgan fingerprint density at radius 3 is 2.50 bits per heavy atom. The number of rotatable bonds is 6. The van der Waals surface area contributed by atoms with Gasteiger partial charge >= 0.3 is 0 Å². The third-order valence-electron chi connectivity index (χ3n) is 7.27. The number of hydrogen-bond acceptors (Lipinski definition) is 7. The van der Waals surface area contributed by atoms with Crippen molar-refractivity contribution in [3.63, 3.8) is 0 Å². The van der Waals surface area contributed by atoms with Gasteiger partial charge in [-0.1, -0.05) is 39.0 Å². The Bertz CT molecular complexity index is 1540. The van der Waals surface area contributed by atoms with Gasteiger partial charge in [0.15, 0.2) is 10.6 Å². The molecule has 210 valence electrons. The van der Waals surface area contributed by atoms with Gasteiger partial charge < -0.3 is 29.0 Å². The second-order valence-corrected chi connectivity index (χ2v) is 12.6. The van der Waals surface area contributed by atoms with E-state index in [1.54, 1.807) is 18.5 Å². The number of likely N-dealkylation sites (N-methyl/N-ethyl adjacent to an activating group) is 1. The van der Waals surface area contributed by atoms with Gasteiger partial charge in [-0.2, -0.15) is 4.98 Å². The van der Waals surface area contributed by atoms with E-state index in [2.05, 4.69) is 52.9 Å². The molecule has 9 nitrogen and oxygen atoms in total. The van der Waals surface area contributed by atoms with E-state index < -0.39 is 11.2 Å². The average molecular weight is 561 g/mol. The van der Waals surface area contributed by atoms with E-state index in [4.69, 9.17) is 4.74 Å². The van der Waals surface area contributed by atoms with Crippen LogP contribution in [0.4, 0.5) is 11.6 Å². The largest absolute Gasteiger partial charge is 0.612 e. The topological polar surface area (TPSA) is 98.6 Å². The SMILES string of the molecule is CN1CCN(c2nccc(Oc3cccc4cc(C(=O)Nc5cc(C(C)(C)C)ccc5[S+](C)[O-])n(C)c34)n2)CC1. The zero-order valence-corrected chi connectivity index (χ0v) is 24.7. The van der Waals surface area contributed by atoms with Gasteiger partial charge in [-0.05, 0) is 53.5 Å².